The van der Waals surface area contributed by atoms with Crippen LogP contribution in [0.1, 0.15) is 38.3 Å². The van der Waals surface area contributed by atoms with Crippen LogP contribution < -0.4 is 11.1 Å². The first kappa shape index (κ1) is 21.0. The highest BCUT2D eigenvalue weighted by molar-refractivity contribution is 6.31. The van der Waals surface area contributed by atoms with E-state index >= 15 is 0 Å². The number of nitrogens with two attached hydrogens (primary N) is 1. The van der Waals surface area contributed by atoms with Crippen LogP contribution in [0.3, 0.4) is 0 Å². The van der Waals surface area contributed by atoms with Crippen LogP contribution in [-0.4, -0.2) is 42.5 Å². The fourth-order valence-electron chi connectivity index (χ4n) is 3.49. The van der Waals surface area contributed by atoms with Gasteiger partial charge in [-0.05, 0) is 29.9 Å². The van der Waals surface area contributed by atoms with E-state index in [0.29, 0.717) is 35.5 Å². The van der Waals surface area contributed by atoms with Gasteiger partial charge in [0.1, 0.15) is 0 Å². The lowest BCUT2D eigenvalue weighted by Gasteiger charge is -2.34. The molecule has 3 atom stereocenters. The molecule has 148 valence electrons. The molecule has 0 aromatic heterocycles. The van der Waals surface area contributed by atoms with Crippen molar-refractivity contribution in [3.8, 4) is 0 Å². The smallest absolute Gasteiger partial charge is 0.312 e. The Morgan fingerprint density at radius 2 is 1.89 bits per heavy atom. The molecule has 0 bridgehead atoms. The summed E-state index contributed by atoms with van der Waals surface area (Å²) in [5.74, 6) is 0.0366. The Hall–Kier alpha value is -2.28. The zero-order valence-electron chi connectivity index (χ0n) is 15.6. The van der Waals surface area contributed by atoms with E-state index in [0.717, 1.165) is 6.42 Å². The van der Waals surface area contributed by atoms with Crippen LogP contribution in [-0.2, 0) is 14.3 Å². The van der Waals surface area contributed by atoms with Crippen molar-refractivity contribution in [1.82, 2.24) is 10.2 Å². The highest BCUT2D eigenvalue weighted by Gasteiger charge is 2.26. The van der Waals surface area contributed by atoms with E-state index in [1.807, 2.05) is 0 Å². The molecular formula is C19H26ClN3O4. The average molecular weight is 396 g/mol. The molecule has 1 aromatic carbocycles. The van der Waals surface area contributed by atoms with Gasteiger partial charge in [0.05, 0.1) is 12.5 Å². The summed E-state index contributed by atoms with van der Waals surface area (Å²) in [6, 6.07) is 5.32. The number of halogens is 1. The minimum absolute atomic E-state index is 0.174. The molecule has 1 aliphatic heterocycles. The number of benzene rings is 1. The maximum absolute atomic E-state index is 12.3. The third-order valence-electron chi connectivity index (χ3n) is 4.55. The van der Waals surface area contributed by atoms with Crippen LogP contribution in [0.2, 0.25) is 5.02 Å². The topological polar surface area (TPSA) is 102 Å². The Kier molecular flexibility index (Phi) is 7.47. The van der Waals surface area contributed by atoms with Gasteiger partial charge in [-0.15, -0.1) is 0 Å². The molecule has 0 radical (unpaired) electrons. The van der Waals surface area contributed by atoms with Crippen LogP contribution in [0.4, 0.5) is 4.79 Å². The Morgan fingerprint density at radius 3 is 2.48 bits per heavy atom. The van der Waals surface area contributed by atoms with Gasteiger partial charge in [-0.2, -0.15) is 0 Å². The quantitative estimate of drug-likeness (QED) is 0.722. The number of ether oxygens (including phenoxy) is 1. The second-order valence-electron chi connectivity index (χ2n) is 7.19. The summed E-state index contributed by atoms with van der Waals surface area (Å²) < 4.78 is 5.14. The van der Waals surface area contributed by atoms with Gasteiger partial charge in [0.15, 0.2) is 6.61 Å². The minimum atomic E-state index is -0.778. The Morgan fingerprint density at radius 1 is 1.26 bits per heavy atom. The first-order valence-electron chi connectivity index (χ1n) is 9.00. The maximum Gasteiger partial charge on any atom is 0.312 e. The van der Waals surface area contributed by atoms with Crippen LogP contribution >= 0.6 is 11.6 Å². The average Bonchev–Trinajstić information content (AvgIpc) is 2.58. The molecule has 1 aliphatic rings. The summed E-state index contributed by atoms with van der Waals surface area (Å²) in [7, 11) is 0. The number of piperidine rings is 1. The molecule has 1 saturated heterocycles. The summed E-state index contributed by atoms with van der Waals surface area (Å²) in [5, 5.41) is 2.89. The highest BCUT2D eigenvalue weighted by Crippen LogP contribution is 2.25. The summed E-state index contributed by atoms with van der Waals surface area (Å²) in [4.78, 5) is 37.5. The number of urea groups is 1. The molecule has 0 saturated carbocycles. The lowest BCUT2D eigenvalue weighted by Crippen LogP contribution is -2.44. The third kappa shape index (κ3) is 6.43. The Labute approximate surface area is 164 Å². The van der Waals surface area contributed by atoms with Gasteiger partial charge < -0.3 is 20.7 Å². The standard InChI is InChI=1S/C19H26ClN3O4/c1-12-7-13(2)10-23(9-12)17(24)11-27-18(25)8-16(22-19(21)26)14-5-3-4-6-15(14)20/h3-6,12-13,16H,7-11H2,1-2H3,(H3,21,22,26). The summed E-state index contributed by atoms with van der Waals surface area (Å²) in [6.45, 7) is 5.24. The van der Waals surface area contributed by atoms with Gasteiger partial charge in [0, 0.05) is 18.1 Å². The number of carbonyl (C=O) groups excluding carboxylic acids is 3. The molecule has 7 nitrogen and oxygen atoms in total. The Balaban J connectivity index is 1.92. The number of nitrogens with one attached hydrogen (secondary N) is 1. The molecule has 1 heterocycles. The molecule has 0 aliphatic carbocycles. The van der Waals surface area contributed by atoms with Gasteiger partial charge in [-0.25, -0.2) is 4.79 Å². The van der Waals surface area contributed by atoms with Gasteiger partial charge in [-0.3, -0.25) is 9.59 Å². The van der Waals surface area contributed by atoms with Crippen LogP contribution in [0, 0.1) is 11.8 Å². The van der Waals surface area contributed by atoms with Crippen molar-refractivity contribution in [3.63, 3.8) is 0 Å². The monoisotopic (exact) mass is 395 g/mol. The van der Waals surface area contributed by atoms with Crippen molar-refractivity contribution >= 4 is 29.5 Å². The second-order valence-corrected chi connectivity index (χ2v) is 7.60. The van der Waals surface area contributed by atoms with Crippen molar-refractivity contribution in [3.05, 3.63) is 34.9 Å². The number of likely N-dealkylation sites (tertiary alicyclic amines) is 1. The zero-order valence-corrected chi connectivity index (χ0v) is 16.4. The predicted octanol–water partition coefficient (Wildman–Crippen LogP) is 2.49. The van der Waals surface area contributed by atoms with Gasteiger partial charge in [0.2, 0.25) is 0 Å². The zero-order chi connectivity index (χ0) is 20.0. The Bertz CT molecular complexity index is 687. The first-order valence-corrected chi connectivity index (χ1v) is 9.37. The molecule has 3 amide bonds. The summed E-state index contributed by atoms with van der Waals surface area (Å²) >= 11 is 6.14. The number of hydrogen-bond donors (Lipinski definition) is 2. The van der Waals surface area contributed by atoms with Crippen LogP contribution in [0.5, 0.6) is 0 Å². The lowest BCUT2D eigenvalue weighted by atomic mass is 9.92. The molecule has 1 aromatic rings. The number of rotatable bonds is 6. The molecule has 3 N–H and O–H groups in total. The third-order valence-corrected chi connectivity index (χ3v) is 4.89. The second kappa shape index (κ2) is 9.60. The number of hydrogen-bond acceptors (Lipinski definition) is 4. The molecule has 27 heavy (non-hydrogen) atoms. The fourth-order valence-corrected chi connectivity index (χ4v) is 3.76. The van der Waals surface area contributed by atoms with E-state index in [2.05, 4.69) is 19.2 Å². The van der Waals surface area contributed by atoms with E-state index < -0.39 is 18.0 Å². The van der Waals surface area contributed by atoms with Crippen LogP contribution in [0.25, 0.3) is 0 Å². The normalized spacial score (nSPS) is 20.6. The van der Waals surface area contributed by atoms with Crippen LogP contribution in [0.15, 0.2) is 24.3 Å². The van der Waals surface area contributed by atoms with E-state index in [-0.39, 0.29) is 18.9 Å². The molecule has 2 rings (SSSR count). The molecule has 1 fully saturated rings. The van der Waals surface area contributed by atoms with Crippen molar-refractivity contribution in [2.75, 3.05) is 19.7 Å². The van der Waals surface area contributed by atoms with E-state index in [1.54, 1.807) is 29.2 Å². The molecule has 3 unspecified atom stereocenters. The fraction of sp³-hybridized carbons (Fsp3) is 0.526. The number of nitrogens with zero attached hydrogens (tertiary/aromatic N) is 1. The molecule has 8 heteroatoms. The van der Waals surface area contributed by atoms with E-state index in [1.165, 1.54) is 0 Å². The summed E-state index contributed by atoms with van der Waals surface area (Å²) in [5.41, 5.74) is 5.75. The van der Waals surface area contributed by atoms with E-state index in [4.69, 9.17) is 22.1 Å². The number of carbonyl (C=O) groups is 3. The number of esters is 1. The van der Waals surface area contributed by atoms with Gasteiger partial charge in [0.25, 0.3) is 5.91 Å². The van der Waals surface area contributed by atoms with Crippen molar-refractivity contribution in [1.29, 1.82) is 0 Å². The highest BCUT2D eigenvalue weighted by atomic mass is 35.5. The van der Waals surface area contributed by atoms with Gasteiger partial charge >= 0.3 is 12.0 Å². The van der Waals surface area contributed by atoms with Crippen molar-refractivity contribution in [2.45, 2.75) is 32.7 Å². The summed E-state index contributed by atoms with van der Waals surface area (Å²) in [6.07, 6.45) is 0.911. The minimum Gasteiger partial charge on any atom is -0.455 e. The first-order chi connectivity index (χ1) is 12.8. The van der Waals surface area contributed by atoms with Crippen molar-refractivity contribution < 1.29 is 19.1 Å². The SMILES string of the molecule is CC1CC(C)CN(C(=O)COC(=O)CC(NC(N)=O)c2ccccc2Cl)C1. The van der Waals surface area contributed by atoms with E-state index in [9.17, 15) is 14.4 Å². The number of amides is 3. The number of primary amides is 1. The largest absolute Gasteiger partial charge is 0.455 e. The lowest BCUT2D eigenvalue weighted by molar-refractivity contribution is -0.153. The maximum atomic E-state index is 12.3. The molecular weight excluding hydrogens is 370 g/mol. The predicted molar refractivity (Wildman–Crippen MR) is 102 cm³/mol. The van der Waals surface area contributed by atoms with Crippen molar-refractivity contribution in [2.24, 2.45) is 17.6 Å². The van der Waals surface area contributed by atoms with Gasteiger partial charge in [-0.1, -0.05) is 43.6 Å². The molecule has 0 spiro atoms.